The molecule has 0 radical (unpaired) electrons. The van der Waals surface area contributed by atoms with Gasteiger partial charge in [-0.2, -0.15) is 0 Å². The Labute approximate surface area is 130 Å². The van der Waals surface area contributed by atoms with E-state index in [2.05, 4.69) is 51.2 Å². The Kier molecular flexibility index (Phi) is 6.10. The van der Waals surface area contributed by atoms with E-state index in [9.17, 15) is 0 Å². The standard InChI is InChI=1S/C19H31NO/c1-5-11-20-18-10-8-16(6-2)13-19(18)21-17-9-7-14(3)15(4)12-17/h7,9,12,16,18-20H,5-6,8,10-11,13H2,1-4H3. The highest BCUT2D eigenvalue weighted by Crippen LogP contribution is 2.30. The van der Waals surface area contributed by atoms with Gasteiger partial charge in [0.15, 0.2) is 0 Å². The van der Waals surface area contributed by atoms with Crippen LogP contribution in [0.1, 0.15) is 57.1 Å². The first-order chi connectivity index (χ1) is 10.1. The second-order valence-electron chi connectivity index (χ2n) is 6.55. The van der Waals surface area contributed by atoms with E-state index in [1.165, 1.54) is 43.2 Å². The van der Waals surface area contributed by atoms with Crippen molar-refractivity contribution in [1.29, 1.82) is 0 Å². The molecule has 3 unspecified atom stereocenters. The molecule has 1 aliphatic carbocycles. The van der Waals surface area contributed by atoms with Crippen LogP contribution in [0.2, 0.25) is 0 Å². The molecule has 2 heteroatoms. The van der Waals surface area contributed by atoms with Crippen molar-refractivity contribution < 1.29 is 4.74 Å². The highest BCUT2D eigenvalue weighted by atomic mass is 16.5. The van der Waals surface area contributed by atoms with Crippen LogP contribution in [-0.4, -0.2) is 18.7 Å². The van der Waals surface area contributed by atoms with Crippen LogP contribution in [-0.2, 0) is 0 Å². The molecule has 1 aromatic rings. The molecule has 118 valence electrons. The normalized spacial score (nSPS) is 25.8. The molecular weight excluding hydrogens is 258 g/mol. The molecule has 2 rings (SSSR count). The van der Waals surface area contributed by atoms with E-state index < -0.39 is 0 Å². The van der Waals surface area contributed by atoms with Crippen molar-refractivity contribution in [1.82, 2.24) is 5.32 Å². The summed E-state index contributed by atoms with van der Waals surface area (Å²) in [5.41, 5.74) is 2.64. The molecule has 0 heterocycles. The molecule has 0 amide bonds. The maximum Gasteiger partial charge on any atom is 0.120 e. The Hall–Kier alpha value is -1.02. The third-order valence-corrected chi connectivity index (χ3v) is 4.90. The summed E-state index contributed by atoms with van der Waals surface area (Å²) in [5, 5.41) is 3.69. The van der Waals surface area contributed by atoms with Crippen LogP contribution in [0.25, 0.3) is 0 Å². The Morgan fingerprint density at radius 3 is 2.62 bits per heavy atom. The van der Waals surface area contributed by atoms with Crippen molar-refractivity contribution in [3.8, 4) is 5.75 Å². The molecule has 1 aliphatic rings. The predicted octanol–water partition coefficient (Wildman–Crippen LogP) is 4.63. The molecule has 0 saturated heterocycles. The first-order valence-electron chi connectivity index (χ1n) is 8.61. The average molecular weight is 289 g/mol. The summed E-state index contributed by atoms with van der Waals surface area (Å²) in [6.45, 7) is 9.93. The summed E-state index contributed by atoms with van der Waals surface area (Å²) in [4.78, 5) is 0. The monoisotopic (exact) mass is 289 g/mol. The van der Waals surface area contributed by atoms with Crippen molar-refractivity contribution in [2.45, 2.75) is 71.9 Å². The number of ether oxygens (including phenoxy) is 1. The van der Waals surface area contributed by atoms with Gasteiger partial charge in [0.05, 0.1) is 0 Å². The van der Waals surface area contributed by atoms with Crippen LogP contribution in [0.15, 0.2) is 18.2 Å². The molecule has 3 atom stereocenters. The maximum atomic E-state index is 6.37. The Morgan fingerprint density at radius 2 is 1.95 bits per heavy atom. The first-order valence-corrected chi connectivity index (χ1v) is 8.61. The predicted molar refractivity (Wildman–Crippen MR) is 90.0 cm³/mol. The topological polar surface area (TPSA) is 21.3 Å². The first kappa shape index (κ1) is 16.4. The van der Waals surface area contributed by atoms with E-state index >= 15 is 0 Å². The van der Waals surface area contributed by atoms with Crippen LogP contribution in [0.3, 0.4) is 0 Å². The van der Waals surface area contributed by atoms with E-state index in [1.54, 1.807) is 0 Å². The fourth-order valence-electron chi connectivity index (χ4n) is 3.24. The summed E-state index contributed by atoms with van der Waals surface area (Å²) < 4.78 is 6.37. The third kappa shape index (κ3) is 4.47. The smallest absolute Gasteiger partial charge is 0.120 e. The lowest BCUT2D eigenvalue weighted by molar-refractivity contribution is 0.0849. The van der Waals surface area contributed by atoms with E-state index in [0.29, 0.717) is 12.1 Å². The van der Waals surface area contributed by atoms with Crippen LogP contribution in [0.5, 0.6) is 5.75 Å². The summed E-state index contributed by atoms with van der Waals surface area (Å²) >= 11 is 0. The summed E-state index contributed by atoms with van der Waals surface area (Å²) in [6, 6.07) is 6.98. The lowest BCUT2D eigenvalue weighted by atomic mass is 9.82. The second-order valence-corrected chi connectivity index (χ2v) is 6.55. The van der Waals surface area contributed by atoms with Crippen molar-refractivity contribution in [2.75, 3.05) is 6.54 Å². The molecule has 0 spiro atoms. The number of hydrogen-bond donors (Lipinski definition) is 1. The van der Waals surface area contributed by atoms with E-state index in [0.717, 1.165) is 18.2 Å². The molecule has 21 heavy (non-hydrogen) atoms. The van der Waals surface area contributed by atoms with Crippen molar-refractivity contribution >= 4 is 0 Å². The number of benzene rings is 1. The molecule has 1 aromatic carbocycles. The van der Waals surface area contributed by atoms with Gasteiger partial charge in [-0.3, -0.25) is 0 Å². The summed E-state index contributed by atoms with van der Waals surface area (Å²) in [5.74, 6) is 1.85. The molecule has 1 N–H and O–H groups in total. The Bertz CT molecular complexity index is 443. The molecule has 0 aromatic heterocycles. The van der Waals surface area contributed by atoms with E-state index in [1.807, 2.05) is 0 Å². The molecular formula is C19H31NO. The number of hydrogen-bond acceptors (Lipinski definition) is 2. The Balaban J connectivity index is 2.05. The average Bonchev–Trinajstić information content (AvgIpc) is 2.49. The Morgan fingerprint density at radius 1 is 1.14 bits per heavy atom. The number of nitrogens with one attached hydrogen (secondary N) is 1. The fourth-order valence-corrected chi connectivity index (χ4v) is 3.24. The highest BCUT2D eigenvalue weighted by molar-refractivity contribution is 5.34. The SMILES string of the molecule is CCCNC1CCC(CC)CC1Oc1ccc(C)c(C)c1. The number of rotatable bonds is 6. The third-order valence-electron chi connectivity index (χ3n) is 4.90. The van der Waals surface area contributed by atoms with Gasteiger partial charge in [-0.15, -0.1) is 0 Å². The van der Waals surface area contributed by atoms with Gasteiger partial charge in [0.25, 0.3) is 0 Å². The van der Waals surface area contributed by atoms with Gasteiger partial charge in [-0.25, -0.2) is 0 Å². The van der Waals surface area contributed by atoms with Gasteiger partial charge >= 0.3 is 0 Å². The minimum Gasteiger partial charge on any atom is -0.489 e. The van der Waals surface area contributed by atoms with Gasteiger partial charge in [0, 0.05) is 6.04 Å². The summed E-state index contributed by atoms with van der Waals surface area (Å²) in [7, 11) is 0. The van der Waals surface area contributed by atoms with Crippen LogP contribution >= 0.6 is 0 Å². The van der Waals surface area contributed by atoms with Crippen LogP contribution in [0, 0.1) is 19.8 Å². The molecule has 0 aliphatic heterocycles. The molecule has 2 nitrogen and oxygen atoms in total. The quantitative estimate of drug-likeness (QED) is 0.824. The fraction of sp³-hybridized carbons (Fsp3) is 0.684. The zero-order valence-electron chi connectivity index (χ0n) is 14.1. The van der Waals surface area contributed by atoms with Crippen molar-refractivity contribution in [3.05, 3.63) is 29.3 Å². The lowest BCUT2D eigenvalue weighted by Crippen LogP contribution is -2.47. The van der Waals surface area contributed by atoms with Crippen LogP contribution in [0.4, 0.5) is 0 Å². The van der Waals surface area contributed by atoms with Gasteiger partial charge in [0.2, 0.25) is 0 Å². The highest BCUT2D eigenvalue weighted by Gasteiger charge is 2.30. The minimum absolute atomic E-state index is 0.317. The van der Waals surface area contributed by atoms with Crippen molar-refractivity contribution in [3.63, 3.8) is 0 Å². The molecule has 1 fully saturated rings. The lowest BCUT2D eigenvalue weighted by Gasteiger charge is -2.36. The largest absolute Gasteiger partial charge is 0.489 e. The number of aryl methyl sites for hydroxylation is 2. The zero-order chi connectivity index (χ0) is 15.2. The van der Waals surface area contributed by atoms with Gasteiger partial charge < -0.3 is 10.1 Å². The van der Waals surface area contributed by atoms with Gasteiger partial charge in [-0.1, -0.05) is 26.3 Å². The maximum absolute atomic E-state index is 6.37. The van der Waals surface area contributed by atoms with Gasteiger partial charge in [-0.05, 0) is 75.3 Å². The minimum atomic E-state index is 0.317. The second kappa shape index (κ2) is 7.84. The van der Waals surface area contributed by atoms with Crippen LogP contribution < -0.4 is 10.1 Å². The van der Waals surface area contributed by atoms with E-state index in [-0.39, 0.29) is 0 Å². The van der Waals surface area contributed by atoms with E-state index in [4.69, 9.17) is 4.74 Å². The molecule has 0 bridgehead atoms. The zero-order valence-corrected chi connectivity index (χ0v) is 14.1. The van der Waals surface area contributed by atoms with Gasteiger partial charge in [0.1, 0.15) is 11.9 Å². The molecule has 1 saturated carbocycles. The van der Waals surface area contributed by atoms with Crippen molar-refractivity contribution in [2.24, 2.45) is 5.92 Å². The summed E-state index contributed by atoms with van der Waals surface area (Å²) in [6.07, 6.45) is 6.54.